The molecule has 10 heteroatoms. The number of nitrogens with one attached hydrogen (secondary N) is 2. The predicted octanol–water partition coefficient (Wildman–Crippen LogP) is 0.880. The summed E-state index contributed by atoms with van der Waals surface area (Å²) in [5.74, 6) is -1.40. The number of para-hydroxylation sites is 2. The van der Waals surface area contributed by atoms with Crippen molar-refractivity contribution in [2.24, 2.45) is 0 Å². The number of rotatable bonds is 6. The molecule has 29 heavy (non-hydrogen) atoms. The molecular formula is C19H26N4O6. The van der Waals surface area contributed by atoms with Crippen LogP contribution in [0.2, 0.25) is 0 Å². The Morgan fingerprint density at radius 1 is 1.34 bits per heavy atom. The Labute approximate surface area is 168 Å². The van der Waals surface area contributed by atoms with E-state index < -0.39 is 36.0 Å². The van der Waals surface area contributed by atoms with Crippen molar-refractivity contribution in [3.05, 3.63) is 24.3 Å². The minimum absolute atomic E-state index is 0.0994. The molecule has 3 atom stereocenters. The molecule has 1 aliphatic heterocycles. The molecule has 0 bridgehead atoms. The average Bonchev–Trinajstić information content (AvgIpc) is 2.79. The van der Waals surface area contributed by atoms with Crippen molar-refractivity contribution in [2.75, 3.05) is 31.0 Å². The smallest absolute Gasteiger partial charge is 0.407 e. The van der Waals surface area contributed by atoms with Crippen molar-refractivity contribution in [3.8, 4) is 0 Å². The van der Waals surface area contributed by atoms with Crippen LogP contribution in [-0.4, -0.2) is 72.7 Å². The second kappa shape index (κ2) is 9.37. The van der Waals surface area contributed by atoms with E-state index in [1.165, 1.54) is 26.0 Å². The monoisotopic (exact) mass is 406 g/mol. The molecule has 0 spiro atoms. The summed E-state index contributed by atoms with van der Waals surface area (Å²) >= 11 is 0. The first-order valence-corrected chi connectivity index (χ1v) is 9.16. The van der Waals surface area contributed by atoms with Gasteiger partial charge in [0, 0.05) is 14.2 Å². The van der Waals surface area contributed by atoms with Gasteiger partial charge in [0.1, 0.15) is 12.1 Å². The van der Waals surface area contributed by atoms with Gasteiger partial charge in [-0.25, -0.2) is 4.79 Å². The Balaban J connectivity index is 2.34. The Morgan fingerprint density at radius 2 is 2.00 bits per heavy atom. The number of methoxy groups -OCH3 is 1. The highest BCUT2D eigenvalue weighted by Gasteiger charge is 2.39. The summed E-state index contributed by atoms with van der Waals surface area (Å²) in [6.45, 7) is 3.28. The standard InChI is InChI=1S/C19H26N4O6/c1-11-16(21-17(25)12(2)22(3)19(27)28)18(26)20-13-7-5-6-8-14(13)23(11)15(24)9-10-29-4/h5-8,11-12,16H,9-10H2,1-4H3,(H,20,26)(H,21,25)(H,27,28)/t11-,12-,16-/m0/s1. The lowest BCUT2D eigenvalue weighted by atomic mass is 10.1. The maximum atomic E-state index is 12.9. The molecule has 1 aromatic carbocycles. The van der Waals surface area contributed by atoms with Crippen molar-refractivity contribution in [3.63, 3.8) is 0 Å². The van der Waals surface area contributed by atoms with Gasteiger partial charge in [0.05, 0.1) is 30.4 Å². The number of anilines is 2. The Morgan fingerprint density at radius 3 is 2.62 bits per heavy atom. The first-order chi connectivity index (χ1) is 13.7. The molecular weight excluding hydrogens is 380 g/mol. The van der Waals surface area contributed by atoms with E-state index in [9.17, 15) is 19.2 Å². The fraction of sp³-hybridized carbons (Fsp3) is 0.474. The number of ether oxygens (including phenoxy) is 1. The molecule has 0 fully saturated rings. The van der Waals surface area contributed by atoms with Gasteiger partial charge in [0.15, 0.2) is 0 Å². The number of nitrogens with zero attached hydrogens (tertiary/aromatic N) is 2. The number of hydrogen-bond acceptors (Lipinski definition) is 5. The number of hydrogen-bond donors (Lipinski definition) is 3. The molecule has 0 aromatic heterocycles. The summed E-state index contributed by atoms with van der Waals surface area (Å²) in [4.78, 5) is 51.6. The van der Waals surface area contributed by atoms with Gasteiger partial charge in [-0.05, 0) is 26.0 Å². The summed E-state index contributed by atoms with van der Waals surface area (Å²) in [6.07, 6.45) is -1.17. The number of carboxylic acid groups (broad SMARTS) is 1. The molecule has 158 valence electrons. The van der Waals surface area contributed by atoms with Gasteiger partial charge in [-0.1, -0.05) is 12.1 Å². The van der Waals surface area contributed by atoms with Crippen molar-refractivity contribution < 1.29 is 29.0 Å². The minimum Gasteiger partial charge on any atom is -0.465 e. The van der Waals surface area contributed by atoms with Crippen LogP contribution < -0.4 is 15.5 Å². The third-order valence-corrected chi connectivity index (χ3v) is 4.94. The zero-order valence-corrected chi connectivity index (χ0v) is 16.8. The third kappa shape index (κ3) is 4.83. The van der Waals surface area contributed by atoms with Crippen LogP contribution in [0.3, 0.4) is 0 Å². The first-order valence-electron chi connectivity index (χ1n) is 9.16. The Bertz CT molecular complexity index is 799. The average molecular weight is 406 g/mol. The topological polar surface area (TPSA) is 128 Å². The fourth-order valence-electron chi connectivity index (χ4n) is 3.06. The van der Waals surface area contributed by atoms with Gasteiger partial charge in [0.2, 0.25) is 17.7 Å². The van der Waals surface area contributed by atoms with E-state index in [1.807, 2.05) is 0 Å². The predicted molar refractivity (Wildman–Crippen MR) is 106 cm³/mol. The molecule has 1 aliphatic rings. The molecule has 10 nitrogen and oxygen atoms in total. The molecule has 1 aromatic rings. The zero-order valence-electron chi connectivity index (χ0n) is 16.8. The fourth-order valence-corrected chi connectivity index (χ4v) is 3.06. The van der Waals surface area contributed by atoms with Crippen LogP contribution >= 0.6 is 0 Å². The second-order valence-corrected chi connectivity index (χ2v) is 6.81. The summed E-state index contributed by atoms with van der Waals surface area (Å²) in [7, 11) is 2.75. The third-order valence-electron chi connectivity index (χ3n) is 4.94. The van der Waals surface area contributed by atoms with Gasteiger partial charge in [0.25, 0.3) is 0 Å². The van der Waals surface area contributed by atoms with Gasteiger partial charge in [-0.2, -0.15) is 0 Å². The normalized spacial score (nSPS) is 19.4. The second-order valence-electron chi connectivity index (χ2n) is 6.81. The van der Waals surface area contributed by atoms with Crippen LogP contribution in [-0.2, 0) is 19.1 Å². The van der Waals surface area contributed by atoms with Crippen molar-refractivity contribution in [1.29, 1.82) is 0 Å². The summed E-state index contributed by atoms with van der Waals surface area (Å²) in [6, 6.07) is 4.04. The first kappa shape index (κ1) is 22.2. The van der Waals surface area contributed by atoms with Gasteiger partial charge in [-0.15, -0.1) is 0 Å². The molecule has 0 saturated carbocycles. The SMILES string of the molecule is COCCC(=O)N1c2ccccc2NC(=O)[C@@H](NC(=O)[C@H](C)N(C)C(=O)O)[C@@H]1C. The lowest BCUT2D eigenvalue weighted by Gasteiger charge is -2.33. The largest absolute Gasteiger partial charge is 0.465 e. The van der Waals surface area contributed by atoms with Gasteiger partial charge in [-0.3, -0.25) is 19.3 Å². The maximum Gasteiger partial charge on any atom is 0.407 e. The highest BCUT2D eigenvalue weighted by Crippen LogP contribution is 2.32. The number of fused-ring (bicyclic) bond motifs is 1. The summed E-state index contributed by atoms with van der Waals surface area (Å²) in [5.41, 5.74) is 0.962. The highest BCUT2D eigenvalue weighted by atomic mass is 16.5. The number of likely N-dealkylation sites (N-methyl/N-ethyl adjacent to an activating group) is 1. The molecule has 0 saturated heterocycles. The van der Waals surface area contributed by atoms with E-state index in [0.717, 1.165) is 4.90 Å². The van der Waals surface area contributed by atoms with E-state index >= 15 is 0 Å². The Kier molecular flexibility index (Phi) is 7.16. The molecule has 0 unspecified atom stereocenters. The lowest BCUT2D eigenvalue weighted by Crippen LogP contribution is -2.59. The van der Waals surface area contributed by atoms with E-state index in [1.54, 1.807) is 31.2 Å². The van der Waals surface area contributed by atoms with Crippen molar-refractivity contribution in [2.45, 2.75) is 38.4 Å². The Hall–Kier alpha value is -3.14. The van der Waals surface area contributed by atoms with E-state index in [2.05, 4.69) is 10.6 Å². The number of amides is 4. The molecule has 1 heterocycles. The lowest BCUT2D eigenvalue weighted by molar-refractivity contribution is -0.130. The van der Waals surface area contributed by atoms with Gasteiger partial charge < -0.3 is 25.4 Å². The van der Waals surface area contributed by atoms with Crippen LogP contribution in [0, 0.1) is 0 Å². The van der Waals surface area contributed by atoms with E-state index in [4.69, 9.17) is 9.84 Å². The van der Waals surface area contributed by atoms with Crippen LogP contribution in [0.5, 0.6) is 0 Å². The molecule has 4 amide bonds. The highest BCUT2D eigenvalue weighted by molar-refractivity contribution is 6.07. The molecule has 0 radical (unpaired) electrons. The molecule has 0 aliphatic carbocycles. The maximum absolute atomic E-state index is 12.9. The molecule has 3 N–H and O–H groups in total. The van der Waals surface area contributed by atoms with Crippen LogP contribution in [0.25, 0.3) is 0 Å². The van der Waals surface area contributed by atoms with Crippen LogP contribution in [0.1, 0.15) is 20.3 Å². The minimum atomic E-state index is -1.27. The van der Waals surface area contributed by atoms with E-state index in [0.29, 0.717) is 11.4 Å². The van der Waals surface area contributed by atoms with Crippen molar-refractivity contribution in [1.82, 2.24) is 10.2 Å². The summed E-state index contributed by atoms with van der Waals surface area (Å²) < 4.78 is 4.99. The summed E-state index contributed by atoms with van der Waals surface area (Å²) in [5, 5.41) is 14.4. The number of carbonyl (C=O) groups excluding carboxylic acids is 3. The van der Waals surface area contributed by atoms with Crippen LogP contribution in [0.4, 0.5) is 16.2 Å². The van der Waals surface area contributed by atoms with Crippen molar-refractivity contribution >= 4 is 35.2 Å². The quantitative estimate of drug-likeness (QED) is 0.643. The van der Waals surface area contributed by atoms with E-state index in [-0.39, 0.29) is 18.9 Å². The molecule has 2 rings (SSSR count). The van der Waals surface area contributed by atoms with Gasteiger partial charge >= 0.3 is 6.09 Å². The van der Waals surface area contributed by atoms with Crippen LogP contribution in [0.15, 0.2) is 24.3 Å². The number of carbonyl (C=O) groups is 4. The number of benzene rings is 1. The zero-order chi connectivity index (χ0) is 21.7.